The maximum atomic E-state index is 12.5. The second-order valence-electron chi connectivity index (χ2n) is 13.2. The molecule has 278 valence electrons. The van der Waals surface area contributed by atoms with E-state index in [1.54, 1.807) is 0 Å². The van der Waals surface area contributed by atoms with Crippen LogP contribution < -0.4 is 0 Å². The number of hydrogen-bond acceptors (Lipinski definition) is 7. The van der Waals surface area contributed by atoms with Gasteiger partial charge in [-0.15, -0.1) is 11.6 Å². The van der Waals surface area contributed by atoms with Crippen molar-refractivity contribution in [2.24, 2.45) is 0 Å². The fourth-order valence-corrected chi connectivity index (χ4v) is 5.72. The molecule has 0 aliphatic rings. The quantitative estimate of drug-likeness (QED) is 0.0280. The predicted molar refractivity (Wildman–Crippen MR) is 194 cm³/mol. The first-order chi connectivity index (χ1) is 23.0. The highest BCUT2D eigenvalue weighted by Gasteiger charge is 2.20. The molecule has 1 atom stereocenters. The Morgan fingerprint density at radius 3 is 1.21 bits per heavy atom. The van der Waals surface area contributed by atoms with Gasteiger partial charge in [-0.05, 0) is 19.3 Å². The van der Waals surface area contributed by atoms with Gasteiger partial charge in [0.15, 0.2) is 6.10 Å². The smallest absolute Gasteiger partial charge is 0.462 e. The predicted octanol–water partition coefficient (Wildman–Crippen LogP) is 12.2. The second-order valence-corrected chi connectivity index (χ2v) is 13.6. The monoisotopic (exact) mass is 689 g/mol. The highest BCUT2D eigenvalue weighted by Crippen LogP contribution is 2.15. The Balaban J connectivity index is 4.12. The van der Waals surface area contributed by atoms with Crippen LogP contribution in [0.15, 0.2) is 0 Å². The largest absolute Gasteiger partial charge is 0.508 e. The summed E-state index contributed by atoms with van der Waals surface area (Å²) in [5.74, 6) is -0.318. The number of unbranched alkanes of at least 4 members (excludes halogenated alkanes) is 24. The molecule has 0 spiro atoms. The second kappa shape index (κ2) is 37.3. The van der Waals surface area contributed by atoms with Crippen LogP contribution in [0.25, 0.3) is 0 Å². The van der Waals surface area contributed by atoms with Crippen LogP contribution >= 0.6 is 11.6 Å². The van der Waals surface area contributed by atoms with E-state index in [0.717, 1.165) is 38.5 Å². The standard InChI is InChI=1S/C39H73ClO7/c1-3-5-7-9-11-13-15-17-19-21-23-25-27-30-37(41)45-34-36(35-46-39(43)44-33-29-32-40)47-38(42)31-28-26-24-22-20-18-16-14-12-10-8-6-4-2/h36H,3-35H2,1-2H3. The van der Waals surface area contributed by atoms with E-state index in [4.69, 9.17) is 30.5 Å². The van der Waals surface area contributed by atoms with Crippen LogP contribution in [0.2, 0.25) is 0 Å². The van der Waals surface area contributed by atoms with Crippen molar-refractivity contribution in [3.63, 3.8) is 0 Å². The van der Waals surface area contributed by atoms with E-state index in [2.05, 4.69) is 13.8 Å². The summed E-state index contributed by atoms with van der Waals surface area (Å²) in [5, 5.41) is 0. The average molecular weight is 689 g/mol. The Labute approximate surface area is 294 Å². The Bertz CT molecular complexity index is 703. The Hall–Kier alpha value is -1.50. The molecule has 0 N–H and O–H groups in total. The number of esters is 2. The maximum absolute atomic E-state index is 12.5. The number of hydrogen-bond donors (Lipinski definition) is 0. The van der Waals surface area contributed by atoms with Gasteiger partial charge in [-0.2, -0.15) is 0 Å². The molecule has 0 bridgehead atoms. The van der Waals surface area contributed by atoms with Gasteiger partial charge in [0, 0.05) is 18.7 Å². The molecular weight excluding hydrogens is 616 g/mol. The van der Waals surface area contributed by atoms with E-state index >= 15 is 0 Å². The summed E-state index contributed by atoms with van der Waals surface area (Å²) < 4.78 is 21.0. The minimum atomic E-state index is -0.861. The lowest BCUT2D eigenvalue weighted by Crippen LogP contribution is -2.31. The molecule has 0 aliphatic carbocycles. The van der Waals surface area contributed by atoms with Crippen molar-refractivity contribution in [1.82, 2.24) is 0 Å². The lowest BCUT2D eigenvalue weighted by Gasteiger charge is -2.18. The Morgan fingerprint density at radius 1 is 0.447 bits per heavy atom. The summed E-state index contributed by atoms with van der Waals surface area (Å²) in [6, 6.07) is 0. The molecular formula is C39H73ClO7. The lowest BCUT2D eigenvalue weighted by atomic mass is 10.0. The average Bonchev–Trinajstić information content (AvgIpc) is 3.06. The summed E-state index contributed by atoms with van der Waals surface area (Å²) >= 11 is 5.62. The van der Waals surface area contributed by atoms with Crippen molar-refractivity contribution < 1.29 is 33.3 Å². The molecule has 0 aromatic heterocycles. The third kappa shape index (κ3) is 35.6. The third-order valence-corrected chi connectivity index (χ3v) is 8.85. The zero-order valence-corrected chi connectivity index (χ0v) is 31.4. The molecule has 0 heterocycles. The topological polar surface area (TPSA) is 88.1 Å². The van der Waals surface area contributed by atoms with Crippen LogP contribution in [0.4, 0.5) is 4.79 Å². The van der Waals surface area contributed by atoms with E-state index in [9.17, 15) is 14.4 Å². The molecule has 47 heavy (non-hydrogen) atoms. The van der Waals surface area contributed by atoms with Crippen LogP contribution in [-0.4, -0.2) is 49.9 Å². The van der Waals surface area contributed by atoms with Crippen LogP contribution in [0.5, 0.6) is 0 Å². The van der Waals surface area contributed by atoms with Gasteiger partial charge in [0.1, 0.15) is 13.2 Å². The maximum Gasteiger partial charge on any atom is 0.508 e. The van der Waals surface area contributed by atoms with Gasteiger partial charge in [0.25, 0.3) is 0 Å². The Morgan fingerprint density at radius 2 is 0.809 bits per heavy atom. The number of rotatable bonds is 36. The highest BCUT2D eigenvalue weighted by molar-refractivity contribution is 6.17. The van der Waals surface area contributed by atoms with E-state index in [0.29, 0.717) is 25.1 Å². The van der Waals surface area contributed by atoms with Crippen LogP contribution in [-0.2, 0) is 28.5 Å². The summed E-state index contributed by atoms with van der Waals surface area (Å²) in [6.07, 6.45) is 31.6. The van der Waals surface area contributed by atoms with Crippen molar-refractivity contribution in [1.29, 1.82) is 0 Å². The van der Waals surface area contributed by atoms with Crippen molar-refractivity contribution in [2.45, 2.75) is 206 Å². The molecule has 0 fully saturated rings. The van der Waals surface area contributed by atoms with E-state index in [-0.39, 0.29) is 31.8 Å². The van der Waals surface area contributed by atoms with Crippen molar-refractivity contribution in [2.75, 3.05) is 25.7 Å². The molecule has 0 aromatic rings. The van der Waals surface area contributed by atoms with Gasteiger partial charge in [-0.3, -0.25) is 9.59 Å². The van der Waals surface area contributed by atoms with Crippen LogP contribution in [0.1, 0.15) is 200 Å². The summed E-state index contributed by atoms with van der Waals surface area (Å²) in [6.45, 7) is 4.29. The van der Waals surface area contributed by atoms with Gasteiger partial charge in [0.05, 0.1) is 6.61 Å². The molecule has 0 saturated heterocycles. The van der Waals surface area contributed by atoms with Gasteiger partial charge >= 0.3 is 18.1 Å². The first kappa shape index (κ1) is 45.5. The van der Waals surface area contributed by atoms with Crippen molar-refractivity contribution in [3.05, 3.63) is 0 Å². The molecule has 7 nitrogen and oxygen atoms in total. The molecule has 0 aromatic carbocycles. The minimum absolute atomic E-state index is 0.142. The minimum Gasteiger partial charge on any atom is -0.462 e. The summed E-state index contributed by atoms with van der Waals surface area (Å²) in [5.41, 5.74) is 0. The zero-order chi connectivity index (χ0) is 34.5. The van der Waals surface area contributed by atoms with E-state index in [1.165, 1.54) is 128 Å². The normalized spacial score (nSPS) is 11.7. The van der Waals surface area contributed by atoms with Crippen molar-refractivity contribution in [3.8, 4) is 0 Å². The molecule has 1 unspecified atom stereocenters. The first-order valence-electron chi connectivity index (χ1n) is 19.7. The van der Waals surface area contributed by atoms with E-state index in [1.807, 2.05) is 0 Å². The number of ether oxygens (including phenoxy) is 4. The summed E-state index contributed by atoms with van der Waals surface area (Å²) in [7, 11) is 0. The fourth-order valence-electron chi connectivity index (χ4n) is 5.61. The van der Waals surface area contributed by atoms with Gasteiger partial charge in [0.2, 0.25) is 0 Å². The molecule has 0 amide bonds. The van der Waals surface area contributed by atoms with Gasteiger partial charge in [-0.1, -0.05) is 168 Å². The molecule has 8 heteroatoms. The molecule has 0 radical (unpaired) electrons. The lowest BCUT2D eigenvalue weighted by molar-refractivity contribution is -0.162. The zero-order valence-electron chi connectivity index (χ0n) is 30.6. The number of carbonyl (C=O) groups excluding carboxylic acids is 3. The molecule has 0 aliphatic heterocycles. The van der Waals surface area contributed by atoms with Crippen LogP contribution in [0, 0.1) is 0 Å². The highest BCUT2D eigenvalue weighted by atomic mass is 35.5. The number of carbonyl (C=O) groups is 3. The fraction of sp³-hybridized carbons (Fsp3) is 0.923. The Kier molecular flexibility index (Phi) is 36.1. The summed E-state index contributed by atoms with van der Waals surface area (Å²) in [4.78, 5) is 36.7. The first-order valence-corrected chi connectivity index (χ1v) is 20.3. The van der Waals surface area contributed by atoms with Crippen molar-refractivity contribution >= 4 is 29.7 Å². The van der Waals surface area contributed by atoms with Gasteiger partial charge in [-0.25, -0.2) is 4.79 Å². The molecule has 0 rings (SSSR count). The number of alkyl halides is 1. The number of halogens is 1. The van der Waals surface area contributed by atoms with Crippen LogP contribution in [0.3, 0.4) is 0 Å². The SMILES string of the molecule is CCCCCCCCCCCCCCCC(=O)OCC(COC(=O)OCCCCl)OC(=O)CCCCCCCCCCCCCCC. The molecule has 0 saturated carbocycles. The van der Waals surface area contributed by atoms with E-state index < -0.39 is 12.3 Å². The third-order valence-electron chi connectivity index (χ3n) is 8.58. The van der Waals surface area contributed by atoms with Gasteiger partial charge < -0.3 is 18.9 Å².